The molecule has 0 heterocycles. The first-order chi connectivity index (χ1) is 1.73. The molecule has 6 heavy (non-hydrogen) atoms. The van der Waals surface area contributed by atoms with Crippen LogP contribution in [0.5, 0.6) is 0 Å². The summed E-state index contributed by atoms with van der Waals surface area (Å²) >= 11 is 0. The van der Waals surface area contributed by atoms with Gasteiger partial charge in [0.2, 0.25) is 0 Å². The Morgan fingerprint density at radius 3 is 1.00 bits per heavy atom. The van der Waals surface area contributed by atoms with E-state index < -0.39 is 10.5 Å². The predicted octanol–water partition coefficient (Wildman–Crippen LogP) is 3.21. The molecule has 0 spiro atoms. The van der Waals surface area contributed by atoms with Crippen LogP contribution in [-0.4, -0.2) is 0 Å². The van der Waals surface area contributed by atoms with E-state index in [1.54, 1.807) is 0 Å². The van der Waals surface area contributed by atoms with Crippen molar-refractivity contribution in [3.05, 3.63) is 0 Å². The van der Waals surface area contributed by atoms with Crippen molar-refractivity contribution in [3.63, 3.8) is 0 Å². The molecule has 0 aliphatic rings. The molecule has 41 valence electrons. The zero-order valence-electron chi connectivity index (χ0n) is 2.01. The molecule has 0 nitrogen and oxygen atoms in total. The van der Waals surface area contributed by atoms with Crippen LogP contribution in [0.1, 0.15) is 7.43 Å². The summed E-state index contributed by atoms with van der Waals surface area (Å²) in [5.41, 5.74) is 0. The van der Waals surface area contributed by atoms with Crippen molar-refractivity contribution in [2.45, 2.75) is 7.43 Å². The van der Waals surface area contributed by atoms with Crippen LogP contribution in [-0.2, 0) is 27.0 Å². The third-order valence-corrected chi connectivity index (χ3v) is 0. The zero-order valence-corrected chi connectivity index (χ0v) is 6.79. The van der Waals surface area contributed by atoms with Gasteiger partial charge in [-0.15, -0.1) is 0 Å². The summed E-state index contributed by atoms with van der Waals surface area (Å²) in [6.07, 6.45) is 0. The van der Waals surface area contributed by atoms with Gasteiger partial charge in [-0.3, -0.25) is 0 Å². The molecule has 0 radical (unpaired) electrons. The summed E-state index contributed by atoms with van der Waals surface area (Å²) < 4.78 is 0. The first kappa shape index (κ1) is 15.7. The number of hydrogen-bond acceptors (Lipinski definition) is 0. The standard InChI is InChI=1S/CH4.Fe.Ni.3P/h1H4;;;;;. The van der Waals surface area contributed by atoms with Crippen molar-refractivity contribution < 1.29 is 27.0 Å². The molecular weight excluding hydrogens is 219 g/mol. The molecule has 0 rings (SSSR count). The molecule has 0 aromatic heterocycles. The van der Waals surface area contributed by atoms with E-state index in [1.807, 2.05) is 0 Å². The van der Waals surface area contributed by atoms with E-state index in [2.05, 4.69) is 21.8 Å². The maximum atomic E-state index is 3.78. The molecule has 0 fully saturated rings. The second kappa shape index (κ2) is 10.3. The van der Waals surface area contributed by atoms with Crippen molar-refractivity contribution in [1.82, 2.24) is 0 Å². The molecule has 5 heteroatoms. The summed E-state index contributed by atoms with van der Waals surface area (Å²) in [4.78, 5) is 0. The van der Waals surface area contributed by atoms with Gasteiger partial charge in [-0.25, -0.2) is 0 Å². The van der Waals surface area contributed by atoms with Crippen molar-refractivity contribution in [2.75, 3.05) is 0 Å². The van der Waals surface area contributed by atoms with Gasteiger partial charge in [0.05, 0.1) is 0 Å². The third kappa shape index (κ3) is 33.4. The minimum atomic E-state index is -0.667. The summed E-state index contributed by atoms with van der Waals surface area (Å²) in [5, 5.41) is 0. The van der Waals surface area contributed by atoms with Gasteiger partial charge >= 0.3 is 32.3 Å². The molecular formula is CH4FeNiP3. The van der Waals surface area contributed by atoms with Crippen molar-refractivity contribution in [2.24, 2.45) is 0 Å². The molecule has 0 saturated carbocycles. The van der Waals surface area contributed by atoms with E-state index in [-0.39, 0.29) is 23.9 Å². The van der Waals surface area contributed by atoms with E-state index in [1.165, 1.54) is 0 Å². The van der Waals surface area contributed by atoms with Crippen LogP contribution in [0.4, 0.5) is 0 Å². The Morgan fingerprint density at radius 2 is 1.00 bits per heavy atom. The fourth-order valence-corrected chi connectivity index (χ4v) is 0. The molecule has 0 aromatic carbocycles. The van der Waals surface area contributed by atoms with Gasteiger partial charge < -0.3 is 0 Å². The average Bonchev–Trinajstić information content (AvgIpc) is 0.811. The summed E-state index contributed by atoms with van der Waals surface area (Å²) in [6.45, 7) is 0. The van der Waals surface area contributed by atoms with E-state index in [9.17, 15) is 0 Å². The second-order valence-electron chi connectivity index (χ2n) is 0.212. The van der Waals surface area contributed by atoms with Gasteiger partial charge in [-0.1, -0.05) is 7.43 Å². The molecule has 0 unspecified atom stereocenters. The van der Waals surface area contributed by atoms with E-state index >= 15 is 0 Å². The van der Waals surface area contributed by atoms with Gasteiger partial charge in [0.15, 0.2) is 0 Å². The normalized spacial score (nSPS) is 3.50. The molecule has 0 aromatic rings. The van der Waals surface area contributed by atoms with Gasteiger partial charge in [-0.2, -0.15) is 0 Å². The van der Waals surface area contributed by atoms with Crippen molar-refractivity contribution in [3.8, 4) is 0 Å². The van der Waals surface area contributed by atoms with Gasteiger partial charge in [0.25, 0.3) is 0 Å². The Kier molecular flexibility index (Phi) is 27.1. The molecule has 0 amide bonds. The summed E-state index contributed by atoms with van der Waals surface area (Å²) in [6, 6.07) is 0. The number of rotatable bonds is 0. The van der Waals surface area contributed by atoms with Crippen LogP contribution in [0.2, 0.25) is 0 Å². The molecule has 0 bridgehead atoms. The van der Waals surface area contributed by atoms with E-state index in [4.69, 9.17) is 0 Å². The fraction of sp³-hybridized carbons (Fsp3) is 1.00. The first-order valence-corrected chi connectivity index (χ1v) is 5.87. The Labute approximate surface area is 56.2 Å². The van der Waals surface area contributed by atoms with Crippen molar-refractivity contribution in [1.29, 1.82) is 0 Å². The predicted molar refractivity (Wildman–Crippen MR) is 27.5 cm³/mol. The van der Waals surface area contributed by atoms with Crippen LogP contribution < -0.4 is 0 Å². The SMILES string of the molecule is C.[Ni].[P]#[Fe](#[P])#[P]. The van der Waals surface area contributed by atoms with Gasteiger partial charge in [-0.05, 0) is 0 Å². The zero-order chi connectivity index (χ0) is 3.58. The quantitative estimate of drug-likeness (QED) is 0.437. The molecule has 0 saturated heterocycles. The van der Waals surface area contributed by atoms with Crippen LogP contribution in [0, 0.1) is 0 Å². The van der Waals surface area contributed by atoms with E-state index in [0.717, 1.165) is 0 Å². The summed E-state index contributed by atoms with van der Waals surface area (Å²) in [7, 11) is 10.7. The Balaban J connectivity index is -0.0000000450. The molecule has 0 aliphatic heterocycles. The third-order valence-electron chi connectivity index (χ3n) is 0. The van der Waals surface area contributed by atoms with Gasteiger partial charge in [0.1, 0.15) is 0 Å². The fourth-order valence-electron chi connectivity index (χ4n) is 0. The first-order valence-electron chi connectivity index (χ1n) is 0.474. The van der Waals surface area contributed by atoms with Crippen LogP contribution in [0.25, 0.3) is 0 Å². The van der Waals surface area contributed by atoms with Crippen molar-refractivity contribution >= 4 is 21.8 Å². The topological polar surface area (TPSA) is 0 Å². The van der Waals surface area contributed by atoms with Gasteiger partial charge in [0, 0.05) is 16.5 Å². The molecule has 0 N–H and O–H groups in total. The monoisotopic (exact) mass is 223 g/mol. The average molecular weight is 224 g/mol. The van der Waals surface area contributed by atoms with Crippen LogP contribution in [0.15, 0.2) is 0 Å². The Hall–Kier alpha value is 2.30. The Morgan fingerprint density at radius 1 is 1.00 bits per heavy atom. The second-order valence-corrected chi connectivity index (χ2v) is 7.87. The van der Waals surface area contributed by atoms with Crippen LogP contribution in [0.3, 0.4) is 0 Å². The number of hydrogen-bond donors (Lipinski definition) is 0. The van der Waals surface area contributed by atoms with E-state index in [0.29, 0.717) is 0 Å². The molecule has 0 atom stereocenters. The van der Waals surface area contributed by atoms with Crippen LogP contribution >= 0.6 is 21.8 Å². The maximum absolute atomic E-state index is 3.78. The molecule has 0 aliphatic carbocycles. The minimum absolute atomic E-state index is 0. The Bertz CT molecular complexity index is 226. The summed E-state index contributed by atoms with van der Waals surface area (Å²) in [5.74, 6) is 0.